The Labute approximate surface area is 127 Å². The van der Waals surface area contributed by atoms with E-state index in [9.17, 15) is 4.79 Å². The Kier molecular flexibility index (Phi) is 5.42. The van der Waals surface area contributed by atoms with Gasteiger partial charge in [0.25, 0.3) is 0 Å². The zero-order valence-electron chi connectivity index (χ0n) is 11.4. The Morgan fingerprint density at radius 2 is 2.10 bits per heavy atom. The van der Waals surface area contributed by atoms with Crippen LogP contribution in [0.2, 0.25) is 0 Å². The number of carbonyl (C=O) groups is 1. The molecular formula is C15H18BrN3O. The van der Waals surface area contributed by atoms with Gasteiger partial charge in [0.05, 0.1) is 11.3 Å². The van der Waals surface area contributed by atoms with Crippen LogP contribution in [0.15, 0.2) is 22.7 Å². The highest BCUT2D eigenvalue weighted by Gasteiger charge is 2.15. The van der Waals surface area contributed by atoms with Gasteiger partial charge in [-0.05, 0) is 37.5 Å². The van der Waals surface area contributed by atoms with Crippen molar-refractivity contribution >= 4 is 27.5 Å². The first-order valence-corrected chi connectivity index (χ1v) is 7.71. The van der Waals surface area contributed by atoms with Crippen LogP contribution >= 0.6 is 15.9 Å². The van der Waals surface area contributed by atoms with Crippen molar-refractivity contribution in [2.24, 2.45) is 0 Å². The topological polar surface area (TPSA) is 56.1 Å². The van der Waals surface area contributed by atoms with Crippen molar-refractivity contribution < 1.29 is 4.79 Å². The summed E-state index contributed by atoms with van der Waals surface area (Å²) < 4.78 is 0.918. The fourth-order valence-electron chi connectivity index (χ4n) is 2.37. The number of nitriles is 1. The molecule has 0 bridgehead atoms. The third-order valence-corrected chi connectivity index (χ3v) is 3.96. The highest BCUT2D eigenvalue weighted by molar-refractivity contribution is 9.10. The molecule has 1 aliphatic rings. The molecule has 1 aliphatic heterocycles. The van der Waals surface area contributed by atoms with Crippen molar-refractivity contribution in [1.29, 1.82) is 5.26 Å². The molecule has 20 heavy (non-hydrogen) atoms. The van der Waals surface area contributed by atoms with Gasteiger partial charge in [0.15, 0.2) is 0 Å². The number of anilines is 1. The molecule has 4 nitrogen and oxygen atoms in total. The number of nitrogens with zero attached hydrogens (tertiary/aromatic N) is 2. The van der Waals surface area contributed by atoms with Crippen LogP contribution in [0.1, 0.15) is 31.2 Å². The Bertz CT molecular complexity index is 518. The normalized spacial score (nSPS) is 14.7. The van der Waals surface area contributed by atoms with Crippen molar-refractivity contribution in [3.05, 3.63) is 28.2 Å². The van der Waals surface area contributed by atoms with Gasteiger partial charge in [0.2, 0.25) is 5.91 Å². The van der Waals surface area contributed by atoms with Crippen molar-refractivity contribution in [1.82, 2.24) is 4.90 Å². The van der Waals surface area contributed by atoms with E-state index >= 15 is 0 Å². The summed E-state index contributed by atoms with van der Waals surface area (Å²) in [6.07, 6.45) is 3.93. The molecule has 1 amide bonds. The lowest BCUT2D eigenvalue weighted by Crippen LogP contribution is -2.36. The summed E-state index contributed by atoms with van der Waals surface area (Å²) in [5.74, 6) is 0.200. The third-order valence-electron chi connectivity index (χ3n) is 3.47. The fraction of sp³-hybridized carbons (Fsp3) is 0.467. The Morgan fingerprint density at radius 3 is 2.80 bits per heavy atom. The summed E-state index contributed by atoms with van der Waals surface area (Å²) in [6.45, 7) is 2.33. The lowest BCUT2D eigenvalue weighted by molar-refractivity contribution is -0.131. The summed E-state index contributed by atoms with van der Waals surface area (Å²) in [4.78, 5) is 14.0. The molecule has 0 spiro atoms. The molecular weight excluding hydrogens is 318 g/mol. The van der Waals surface area contributed by atoms with Gasteiger partial charge in [-0.2, -0.15) is 5.26 Å². The maximum absolute atomic E-state index is 12.0. The molecule has 5 heteroatoms. The van der Waals surface area contributed by atoms with Crippen molar-refractivity contribution in [2.45, 2.75) is 25.7 Å². The SMILES string of the molecule is N#Cc1ccc(Br)cc1NCCC(=O)N1CCCCC1. The van der Waals surface area contributed by atoms with Crippen molar-refractivity contribution in [3.63, 3.8) is 0 Å². The number of nitrogens with one attached hydrogen (secondary N) is 1. The molecule has 2 rings (SSSR count). The highest BCUT2D eigenvalue weighted by atomic mass is 79.9. The number of hydrogen-bond acceptors (Lipinski definition) is 3. The van der Waals surface area contributed by atoms with Crippen LogP contribution in [0.3, 0.4) is 0 Å². The minimum Gasteiger partial charge on any atom is -0.383 e. The lowest BCUT2D eigenvalue weighted by Gasteiger charge is -2.26. The van der Waals surface area contributed by atoms with Gasteiger partial charge in [-0.15, -0.1) is 0 Å². The minimum atomic E-state index is 0.200. The second kappa shape index (κ2) is 7.30. The van der Waals surface area contributed by atoms with Crippen LogP contribution in [0, 0.1) is 11.3 Å². The van der Waals surface area contributed by atoms with Gasteiger partial charge >= 0.3 is 0 Å². The van der Waals surface area contributed by atoms with E-state index in [0.29, 0.717) is 18.5 Å². The van der Waals surface area contributed by atoms with E-state index in [1.807, 2.05) is 17.0 Å². The average molecular weight is 336 g/mol. The molecule has 0 radical (unpaired) electrons. The molecule has 1 saturated heterocycles. The predicted molar refractivity (Wildman–Crippen MR) is 82.4 cm³/mol. The molecule has 1 heterocycles. The predicted octanol–water partition coefficient (Wildman–Crippen LogP) is 3.14. The summed E-state index contributed by atoms with van der Waals surface area (Å²) in [5, 5.41) is 12.2. The molecule has 0 aromatic heterocycles. The van der Waals surface area contributed by atoms with E-state index < -0.39 is 0 Å². The number of amides is 1. The zero-order chi connectivity index (χ0) is 14.4. The van der Waals surface area contributed by atoms with Crippen molar-refractivity contribution in [3.8, 4) is 6.07 Å². The number of likely N-dealkylation sites (tertiary alicyclic amines) is 1. The minimum absolute atomic E-state index is 0.200. The fourth-order valence-corrected chi connectivity index (χ4v) is 2.73. The van der Waals surface area contributed by atoms with Crippen LogP contribution in [0.25, 0.3) is 0 Å². The summed E-state index contributed by atoms with van der Waals surface area (Å²) >= 11 is 3.38. The van der Waals surface area contributed by atoms with E-state index in [1.54, 1.807) is 6.07 Å². The quantitative estimate of drug-likeness (QED) is 0.919. The van der Waals surface area contributed by atoms with Gasteiger partial charge in [-0.1, -0.05) is 15.9 Å². The molecule has 0 unspecified atom stereocenters. The first kappa shape index (κ1) is 14.9. The third kappa shape index (κ3) is 3.97. The Balaban J connectivity index is 1.85. The van der Waals surface area contributed by atoms with E-state index in [-0.39, 0.29) is 5.91 Å². The monoisotopic (exact) mass is 335 g/mol. The van der Waals surface area contributed by atoms with Gasteiger partial charge in [-0.25, -0.2) is 0 Å². The largest absolute Gasteiger partial charge is 0.383 e. The van der Waals surface area contributed by atoms with Crippen LogP contribution < -0.4 is 5.32 Å². The van der Waals surface area contributed by atoms with Crippen LogP contribution in [-0.4, -0.2) is 30.4 Å². The van der Waals surface area contributed by atoms with Gasteiger partial charge in [0, 0.05) is 30.5 Å². The number of carbonyl (C=O) groups excluding carboxylic acids is 1. The van der Waals surface area contributed by atoms with Gasteiger partial charge in [0.1, 0.15) is 6.07 Å². The molecule has 0 atom stereocenters. The van der Waals surface area contributed by atoms with E-state index in [2.05, 4.69) is 27.3 Å². The van der Waals surface area contributed by atoms with Gasteiger partial charge in [-0.3, -0.25) is 4.79 Å². The maximum atomic E-state index is 12.0. The zero-order valence-corrected chi connectivity index (χ0v) is 12.9. The van der Waals surface area contributed by atoms with Crippen molar-refractivity contribution in [2.75, 3.05) is 25.0 Å². The number of piperidine rings is 1. The standard InChI is InChI=1S/C15H18BrN3O/c16-13-5-4-12(11-17)14(10-13)18-7-6-15(20)19-8-2-1-3-9-19/h4-5,10,18H,1-3,6-9H2. The van der Waals surface area contributed by atoms with Crippen LogP contribution in [-0.2, 0) is 4.79 Å². The summed E-state index contributed by atoms with van der Waals surface area (Å²) in [7, 11) is 0. The van der Waals surface area contributed by atoms with E-state index in [4.69, 9.17) is 5.26 Å². The molecule has 1 aromatic rings. The molecule has 0 saturated carbocycles. The first-order chi connectivity index (χ1) is 9.70. The molecule has 1 fully saturated rings. The number of rotatable bonds is 4. The number of halogens is 1. The Morgan fingerprint density at radius 1 is 1.35 bits per heavy atom. The Hall–Kier alpha value is -1.54. The molecule has 1 N–H and O–H groups in total. The average Bonchev–Trinajstić information content (AvgIpc) is 2.48. The second-order valence-corrected chi connectivity index (χ2v) is 5.84. The number of hydrogen-bond donors (Lipinski definition) is 1. The molecule has 0 aliphatic carbocycles. The summed E-state index contributed by atoms with van der Waals surface area (Å²) in [6, 6.07) is 7.61. The van der Waals surface area contributed by atoms with E-state index in [1.165, 1.54) is 6.42 Å². The first-order valence-electron chi connectivity index (χ1n) is 6.92. The molecule has 106 valence electrons. The smallest absolute Gasteiger partial charge is 0.224 e. The van der Waals surface area contributed by atoms with Gasteiger partial charge < -0.3 is 10.2 Å². The number of benzene rings is 1. The van der Waals surface area contributed by atoms with Crippen LogP contribution in [0.5, 0.6) is 0 Å². The second-order valence-electron chi connectivity index (χ2n) is 4.92. The van der Waals surface area contributed by atoms with Crippen LogP contribution in [0.4, 0.5) is 5.69 Å². The molecule has 1 aromatic carbocycles. The summed E-state index contributed by atoms with van der Waals surface area (Å²) in [5.41, 5.74) is 1.37. The van der Waals surface area contributed by atoms with E-state index in [0.717, 1.165) is 36.1 Å². The highest BCUT2D eigenvalue weighted by Crippen LogP contribution is 2.20. The lowest BCUT2D eigenvalue weighted by atomic mass is 10.1. The maximum Gasteiger partial charge on any atom is 0.224 e.